The topological polar surface area (TPSA) is 67.2 Å². The Morgan fingerprint density at radius 3 is 3.00 bits per heavy atom. The average molecular weight is 223 g/mol. The normalized spacial score (nSPS) is 20.9. The number of hydrogen-bond acceptors (Lipinski definition) is 3. The molecule has 0 saturated carbocycles. The number of rotatable bonds is 3. The van der Waals surface area contributed by atoms with E-state index in [4.69, 9.17) is 5.11 Å². The van der Waals surface area contributed by atoms with Crippen LogP contribution < -0.4 is 5.32 Å². The van der Waals surface area contributed by atoms with Gasteiger partial charge in [-0.2, -0.15) is 5.10 Å². The van der Waals surface area contributed by atoms with Gasteiger partial charge in [-0.15, -0.1) is 0 Å². The maximum absolute atomic E-state index is 11.0. The van der Waals surface area contributed by atoms with Crippen LogP contribution in [0.1, 0.15) is 48.4 Å². The van der Waals surface area contributed by atoms with Crippen LogP contribution >= 0.6 is 0 Å². The lowest BCUT2D eigenvalue weighted by atomic mass is 10.0. The largest absolute Gasteiger partial charge is 0.477 e. The minimum Gasteiger partial charge on any atom is -0.477 e. The summed E-state index contributed by atoms with van der Waals surface area (Å²) in [6, 6.07) is 1.91. The number of aromatic carboxylic acids is 1. The summed E-state index contributed by atoms with van der Waals surface area (Å²) in [5, 5.41) is 16.7. The zero-order chi connectivity index (χ0) is 11.5. The van der Waals surface area contributed by atoms with Gasteiger partial charge in [-0.1, -0.05) is 6.42 Å². The van der Waals surface area contributed by atoms with Crippen LogP contribution in [0.15, 0.2) is 6.07 Å². The minimum atomic E-state index is -0.906. The second kappa shape index (κ2) is 4.65. The molecule has 1 atom stereocenters. The molecule has 0 radical (unpaired) electrons. The zero-order valence-electron chi connectivity index (χ0n) is 9.44. The highest BCUT2D eigenvalue weighted by molar-refractivity contribution is 5.85. The first kappa shape index (κ1) is 11.1. The molecule has 1 aliphatic heterocycles. The molecule has 2 rings (SSSR count). The highest BCUT2D eigenvalue weighted by atomic mass is 16.4. The Morgan fingerprint density at radius 2 is 2.50 bits per heavy atom. The molecular weight excluding hydrogens is 206 g/mol. The van der Waals surface area contributed by atoms with Gasteiger partial charge in [-0.25, -0.2) is 4.79 Å². The lowest BCUT2D eigenvalue weighted by Crippen LogP contribution is -2.27. The first-order chi connectivity index (χ1) is 7.72. The van der Waals surface area contributed by atoms with Crippen LogP contribution in [-0.4, -0.2) is 27.4 Å². The lowest BCUT2D eigenvalue weighted by molar-refractivity contribution is 0.0683. The van der Waals surface area contributed by atoms with Gasteiger partial charge in [0, 0.05) is 6.54 Å². The van der Waals surface area contributed by atoms with Crippen LogP contribution in [0.3, 0.4) is 0 Å². The maximum atomic E-state index is 11.0. The number of carboxylic acid groups (broad SMARTS) is 1. The smallest absolute Gasteiger partial charge is 0.354 e. The average Bonchev–Trinajstić information content (AvgIpc) is 2.74. The van der Waals surface area contributed by atoms with E-state index in [1.54, 1.807) is 10.7 Å². The Bertz CT molecular complexity index is 381. The van der Waals surface area contributed by atoms with Crippen LogP contribution in [0.4, 0.5) is 0 Å². The number of aryl methyl sites for hydroxylation is 1. The molecule has 5 nitrogen and oxygen atoms in total. The Labute approximate surface area is 94.5 Å². The molecule has 2 heterocycles. The summed E-state index contributed by atoms with van der Waals surface area (Å²) in [5.41, 5.74) is 1.14. The Hall–Kier alpha value is -1.36. The minimum absolute atomic E-state index is 0.222. The van der Waals surface area contributed by atoms with Crippen LogP contribution in [0.2, 0.25) is 0 Å². The number of nitrogens with one attached hydrogen (secondary N) is 1. The molecule has 88 valence electrons. The number of piperidine rings is 1. The third-order valence-corrected chi connectivity index (χ3v) is 2.98. The van der Waals surface area contributed by atoms with E-state index in [1.807, 2.05) is 6.92 Å². The monoisotopic (exact) mass is 223 g/mol. The van der Waals surface area contributed by atoms with E-state index in [0.717, 1.165) is 18.7 Å². The molecule has 0 aromatic carbocycles. The fraction of sp³-hybridized carbons (Fsp3) is 0.636. The van der Waals surface area contributed by atoms with Crippen molar-refractivity contribution in [1.82, 2.24) is 15.1 Å². The summed E-state index contributed by atoms with van der Waals surface area (Å²) < 4.78 is 1.55. The molecule has 1 fully saturated rings. The molecule has 0 spiro atoms. The van der Waals surface area contributed by atoms with E-state index < -0.39 is 5.97 Å². The third kappa shape index (κ3) is 2.09. The first-order valence-corrected chi connectivity index (χ1v) is 5.76. The fourth-order valence-electron chi connectivity index (χ4n) is 2.12. The highest BCUT2D eigenvalue weighted by Crippen LogP contribution is 2.22. The van der Waals surface area contributed by atoms with E-state index in [9.17, 15) is 4.79 Å². The summed E-state index contributed by atoms with van der Waals surface area (Å²) in [5.74, 6) is -0.906. The standard InChI is InChI=1S/C11H17N3O2/c1-2-14-10(11(15)16)7-9(13-14)8-5-3-4-6-12-8/h7-8,12H,2-6H2,1H3,(H,15,16). The van der Waals surface area contributed by atoms with E-state index in [-0.39, 0.29) is 11.7 Å². The molecule has 2 N–H and O–H groups in total. The van der Waals surface area contributed by atoms with Crippen LogP contribution in [0, 0.1) is 0 Å². The Kier molecular flexibility index (Phi) is 3.24. The van der Waals surface area contributed by atoms with E-state index in [0.29, 0.717) is 6.54 Å². The number of nitrogens with zero attached hydrogens (tertiary/aromatic N) is 2. The molecule has 1 saturated heterocycles. The van der Waals surface area contributed by atoms with Gasteiger partial charge in [0.15, 0.2) is 0 Å². The number of aromatic nitrogens is 2. The summed E-state index contributed by atoms with van der Waals surface area (Å²) in [4.78, 5) is 11.0. The predicted octanol–water partition coefficient (Wildman–Crippen LogP) is 1.42. The van der Waals surface area contributed by atoms with E-state index in [2.05, 4.69) is 10.4 Å². The molecule has 5 heteroatoms. The molecule has 16 heavy (non-hydrogen) atoms. The van der Waals surface area contributed by atoms with Crippen LogP contribution in [-0.2, 0) is 6.54 Å². The number of carbonyl (C=O) groups is 1. The molecule has 1 aromatic rings. The Morgan fingerprint density at radius 1 is 1.69 bits per heavy atom. The van der Waals surface area contributed by atoms with E-state index in [1.165, 1.54) is 12.8 Å². The molecule has 1 aliphatic rings. The number of carboxylic acids is 1. The van der Waals surface area contributed by atoms with Crippen LogP contribution in [0.5, 0.6) is 0 Å². The van der Waals surface area contributed by atoms with Crippen molar-refractivity contribution in [2.45, 2.75) is 38.8 Å². The van der Waals surface area contributed by atoms with Crippen molar-refractivity contribution in [3.63, 3.8) is 0 Å². The van der Waals surface area contributed by atoms with Crippen molar-refractivity contribution in [2.75, 3.05) is 6.54 Å². The van der Waals surface area contributed by atoms with Gasteiger partial charge in [-0.05, 0) is 32.4 Å². The molecule has 0 aliphatic carbocycles. The summed E-state index contributed by atoms with van der Waals surface area (Å²) in [6.45, 7) is 3.48. The quantitative estimate of drug-likeness (QED) is 0.813. The Balaban J connectivity index is 2.24. The third-order valence-electron chi connectivity index (χ3n) is 2.98. The van der Waals surface area contributed by atoms with Crippen molar-refractivity contribution >= 4 is 5.97 Å². The summed E-state index contributed by atoms with van der Waals surface area (Å²) >= 11 is 0. The number of hydrogen-bond donors (Lipinski definition) is 2. The van der Waals surface area contributed by atoms with Gasteiger partial charge in [-0.3, -0.25) is 4.68 Å². The summed E-state index contributed by atoms with van der Waals surface area (Å²) in [6.07, 6.45) is 3.41. The lowest BCUT2D eigenvalue weighted by Gasteiger charge is -2.21. The molecule has 0 amide bonds. The molecule has 1 aromatic heterocycles. The van der Waals surface area contributed by atoms with Crippen molar-refractivity contribution in [2.24, 2.45) is 0 Å². The van der Waals surface area contributed by atoms with Crippen molar-refractivity contribution < 1.29 is 9.90 Å². The van der Waals surface area contributed by atoms with E-state index >= 15 is 0 Å². The van der Waals surface area contributed by atoms with Gasteiger partial charge < -0.3 is 10.4 Å². The van der Waals surface area contributed by atoms with Crippen molar-refractivity contribution in [1.29, 1.82) is 0 Å². The van der Waals surface area contributed by atoms with Crippen molar-refractivity contribution in [3.05, 3.63) is 17.5 Å². The zero-order valence-corrected chi connectivity index (χ0v) is 9.44. The van der Waals surface area contributed by atoms with Crippen molar-refractivity contribution in [3.8, 4) is 0 Å². The van der Waals surface area contributed by atoms with Gasteiger partial charge in [0.05, 0.1) is 11.7 Å². The molecule has 1 unspecified atom stereocenters. The highest BCUT2D eigenvalue weighted by Gasteiger charge is 2.21. The van der Waals surface area contributed by atoms with Gasteiger partial charge in [0.2, 0.25) is 0 Å². The first-order valence-electron chi connectivity index (χ1n) is 5.76. The molecule has 0 bridgehead atoms. The van der Waals surface area contributed by atoms with Gasteiger partial charge in [0.1, 0.15) is 5.69 Å². The van der Waals surface area contributed by atoms with Gasteiger partial charge >= 0.3 is 5.97 Å². The second-order valence-corrected chi connectivity index (χ2v) is 4.08. The maximum Gasteiger partial charge on any atom is 0.354 e. The van der Waals surface area contributed by atoms with Gasteiger partial charge in [0.25, 0.3) is 0 Å². The summed E-state index contributed by atoms with van der Waals surface area (Å²) in [7, 11) is 0. The SMILES string of the molecule is CCn1nc(C2CCCCN2)cc1C(=O)O. The van der Waals surface area contributed by atoms with Crippen LogP contribution in [0.25, 0.3) is 0 Å². The fourth-order valence-corrected chi connectivity index (χ4v) is 2.12. The molecular formula is C11H17N3O2. The predicted molar refractivity (Wildman–Crippen MR) is 59.5 cm³/mol. The second-order valence-electron chi connectivity index (χ2n) is 4.08.